The quantitative estimate of drug-likeness (QED) is 0.583. The zero-order valence-corrected chi connectivity index (χ0v) is 18.4. The first kappa shape index (κ1) is 21.5. The van der Waals surface area contributed by atoms with Crippen molar-refractivity contribution in [1.29, 1.82) is 0 Å². The highest BCUT2D eigenvalue weighted by atomic mass is 16.2. The third kappa shape index (κ3) is 4.47. The molecule has 0 spiro atoms. The first-order chi connectivity index (χ1) is 15.4. The molecule has 1 aliphatic rings. The second kappa shape index (κ2) is 9.18. The largest absolute Gasteiger partial charge is 0.339 e. The molecular weight excluding hydrogens is 400 g/mol. The van der Waals surface area contributed by atoms with Gasteiger partial charge in [-0.3, -0.25) is 14.4 Å². The van der Waals surface area contributed by atoms with Gasteiger partial charge in [-0.2, -0.15) is 0 Å². The van der Waals surface area contributed by atoms with E-state index in [1.807, 2.05) is 30.9 Å². The number of rotatable bonds is 5. The van der Waals surface area contributed by atoms with Gasteiger partial charge in [-0.05, 0) is 74.2 Å². The normalized spacial score (nSPS) is 13.1. The van der Waals surface area contributed by atoms with E-state index in [1.165, 1.54) is 0 Å². The number of carbonyl (C=O) groups excluding carboxylic acids is 3. The number of ketones is 1. The fourth-order valence-electron chi connectivity index (χ4n) is 3.91. The van der Waals surface area contributed by atoms with E-state index in [4.69, 9.17) is 0 Å². The summed E-state index contributed by atoms with van der Waals surface area (Å²) in [6.07, 6.45) is 2.08. The molecule has 0 saturated carbocycles. The predicted molar refractivity (Wildman–Crippen MR) is 125 cm³/mol. The molecule has 1 heterocycles. The third-order valence-electron chi connectivity index (χ3n) is 5.97. The molecule has 5 nitrogen and oxygen atoms in total. The Kier molecular flexibility index (Phi) is 6.17. The Morgan fingerprint density at radius 3 is 2.03 bits per heavy atom. The van der Waals surface area contributed by atoms with Gasteiger partial charge in [0.1, 0.15) is 0 Å². The van der Waals surface area contributed by atoms with Crippen LogP contribution in [0, 0.1) is 13.8 Å². The minimum Gasteiger partial charge on any atom is -0.339 e. The number of nitrogens with one attached hydrogen (secondary N) is 1. The van der Waals surface area contributed by atoms with Crippen LogP contribution in [-0.2, 0) is 0 Å². The topological polar surface area (TPSA) is 66.5 Å². The summed E-state index contributed by atoms with van der Waals surface area (Å²) in [5, 5.41) is 2.85. The average molecular weight is 427 g/mol. The van der Waals surface area contributed by atoms with Crippen molar-refractivity contribution in [2.75, 3.05) is 18.4 Å². The molecule has 0 radical (unpaired) electrons. The van der Waals surface area contributed by atoms with Crippen molar-refractivity contribution in [3.05, 3.63) is 100 Å². The van der Waals surface area contributed by atoms with Crippen molar-refractivity contribution in [3.8, 4) is 0 Å². The molecule has 4 rings (SSSR count). The molecule has 1 saturated heterocycles. The molecule has 1 aliphatic heterocycles. The highest BCUT2D eigenvalue weighted by molar-refractivity contribution is 6.17. The second-order valence-electron chi connectivity index (χ2n) is 8.20. The van der Waals surface area contributed by atoms with E-state index in [-0.39, 0.29) is 17.6 Å². The van der Waals surface area contributed by atoms with Gasteiger partial charge >= 0.3 is 0 Å². The molecule has 2 amide bonds. The molecule has 3 aromatic carbocycles. The zero-order valence-electron chi connectivity index (χ0n) is 18.4. The van der Waals surface area contributed by atoms with E-state index in [1.54, 1.807) is 54.6 Å². The summed E-state index contributed by atoms with van der Waals surface area (Å²) in [5.41, 5.74) is 4.54. The number of likely N-dealkylation sites (tertiary alicyclic amines) is 1. The molecule has 1 fully saturated rings. The van der Waals surface area contributed by atoms with Gasteiger partial charge in [-0.15, -0.1) is 0 Å². The standard InChI is InChI=1S/C27H26N2O3/c1-18-9-10-21(17-19(18)2)25(30)23-7-3-4-8-24(23)26(31)28-22-13-11-20(12-14-22)27(32)29-15-5-6-16-29/h3-4,7-14,17H,5-6,15-16H2,1-2H3,(H,28,31). The van der Waals surface area contributed by atoms with Crippen molar-refractivity contribution in [3.63, 3.8) is 0 Å². The first-order valence-corrected chi connectivity index (χ1v) is 10.9. The highest BCUT2D eigenvalue weighted by Crippen LogP contribution is 2.20. The first-order valence-electron chi connectivity index (χ1n) is 10.9. The van der Waals surface area contributed by atoms with Gasteiger partial charge in [-0.1, -0.05) is 30.3 Å². The molecule has 5 heteroatoms. The van der Waals surface area contributed by atoms with Crippen molar-refractivity contribution in [2.24, 2.45) is 0 Å². The maximum absolute atomic E-state index is 13.1. The van der Waals surface area contributed by atoms with Gasteiger partial charge in [0.05, 0.1) is 5.56 Å². The Balaban J connectivity index is 1.52. The molecular formula is C27H26N2O3. The lowest BCUT2D eigenvalue weighted by atomic mass is 9.95. The highest BCUT2D eigenvalue weighted by Gasteiger charge is 2.20. The van der Waals surface area contributed by atoms with Crippen LogP contribution < -0.4 is 5.32 Å². The lowest BCUT2D eigenvalue weighted by molar-refractivity contribution is 0.0792. The average Bonchev–Trinajstić information content (AvgIpc) is 3.35. The van der Waals surface area contributed by atoms with Crippen LogP contribution in [0.4, 0.5) is 5.69 Å². The minimum atomic E-state index is -0.364. The second-order valence-corrected chi connectivity index (χ2v) is 8.20. The van der Waals surface area contributed by atoms with Crippen molar-refractivity contribution < 1.29 is 14.4 Å². The number of anilines is 1. The van der Waals surface area contributed by atoms with Gasteiger partial charge in [0, 0.05) is 35.5 Å². The van der Waals surface area contributed by atoms with Crippen LogP contribution in [0.25, 0.3) is 0 Å². The summed E-state index contributed by atoms with van der Waals surface area (Å²) in [4.78, 5) is 40.4. The molecule has 32 heavy (non-hydrogen) atoms. The number of carbonyl (C=O) groups is 3. The molecule has 1 N–H and O–H groups in total. The Bertz CT molecular complexity index is 1180. The van der Waals surface area contributed by atoms with Crippen molar-refractivity contribution in [2.45, 2.75) is 26.7 Å². The van der Waals surface area contributed by atoms with E-state index in [9.17, 15) is 14.4 Å². The van der Waals surface area contributed by atoms with E-state index in [0.717, 1.165) is 37.1 Å². The van der Waals surface area contributed by atoms with Crippen LogP contribution in [0.15, 0.2) is 66.7 Å². The Labute approximate surface area is 188 Å². The van der Waals surface area contributed by atoms with E-state index >= 15 is 0 Å². The monoisotopic (exact) mass is 426 g/mol. The zero-order chi connectivity index (χ0) is 22.7. The minimum absolute atomic E-state index is 0.0183. The van der Waals surface area contributed by atoms with Crippen LogP contribution in [-0.4, -0.2) is 35.6 Å². The number of hydrogen-bond donors (Lipinski definition) is 1. The van der Waals surface area contributed by atoms with Crippen LogP contribution in [0.5, 0.6) is 0 Å². The number of benzene rings is 3. The van der Waals surface area contributed by atoms with Crippen LogP contribution in [0.2, 0.25) is 0 Å². The summed E-state index contributed by atoms with van der Waals surface area (Å²) in [6.45, 7) is 5.54. The smallest absolute Gasteiger partial charge is 0.256 e. The van der Waals surface area contributed by atoms with Crippen LogP contribution in [0.3, 0.4) is 0 Å². The predicted octanol–water partition coefficient (Wildman–Crippen LogP) is 5.02. The molecule has 0 atom stereocenters. The third-order valence-corrected chi connectivity index (χ3v) is 5.97. The Morgan fingerprint density at radius 1 is 0.750 bits per heavy atom. The van der Waals surface area contributed by atoms with Crippen LogP contribution in [0.1, 0.15) is 60.6 Å². The summed E-state index contributed by atoms with van der Waals surface area (Å²) in [5.74, 6) is -0.536. The van der Waals surface area contributed by atoms with Gasteiger partial charge in [-0.25, -0.2) is 0 Å². The van der Waals surface area contributed by atoms with Gasteiger partial charge in [0.25, 0.3) is 11.8 Å². The van der Waals surface area contributed by atoms with E-state index in [0.29, 0.717) is 27.9 Å². The number of aryl methyl sites for hydroxylation is 2. The molecule has 0 unspecified atom stereocenters. The van der Waals surface area contributed by atoms with Gasteiger partial charge < -0.3 is 10.2 Å². The molecule has 162 valence electrons. The van der Waals surface area contributed by atoms with E-state index < -0.39 is 0 Å². The summed E-state index contributed by atoms with van der Waals surface area (Å²) in [7, 11) is 0. The van der Waals surface area contributed by atoms with Crippen LogP contribution >= 0.6 is 0 Å². The van der Waals surface area contributed by atoms with Crippen molar-refractivity contribution >= 4 is 23.3 Å². The lowest BCUT2D eigenvalue weighted by Crippen LogP contribution is -2.27. The fraction of sp³-hybridized carbons (Fsp3) is 0.222. The summed E-state index contributed by atoms with van der Waals surface area (Å²) < 4.78 is 0. The summed E-state index contributed by atoms with van der Waals surface area (Å²) >= 11 is 0. The maximum atomic E-state index is 13.1. The maximum Gasteiger partial charge on any atom is 0.256 e. The van der Waals surface area contributed by atoms with Gasteiger partial charge in [0.2, 0.25) is 0 Å². The molecule has 0 aromatic heterocycles. The fourth-order valence-corrected chi connectivity index (χ4v) is 3.91. The molecule has 0 bridgehead atoms. The lowest BCUT2D eigenvalue weighted by Gasteiger charge is -2.15. The SMILES string of the molecule is Cc1ccc(C(=O)c2ccccc2C(=O)Nc2ccc(C(=O)N3CCCC3)cc2)cc1C. The summed E-state index contributed by atoms with van der Waals surface area (Å²) in [6, 6.07) is 19.2. The Hall–Kier alpha value is -3.73. The van der Waals surface area contributed by atoms with Crippen molar-refractivity contribution in [1.82, 2.24) is 4.90 Å². The van der Waals surface area contributed by atoms with E-state index in [2.05, 4.69) is 5.32 Å². The van der Waals surface area contributed by atoms with Gasteiger partial charge in [0.15, 0.2) is 5.78 Å². The number of hydrogen-bond acceptors (Lipinski definition) is 3. The number of amides is 2. The molecule has 3 aromatic rings. The molecule has 0 aliphatic carbocycles. The Morgan fingerprint density at radius 2 is 1.38 bits per heavy atom. The number of nitrogens with zero attached hydrogens (tertiary/aromatic N) is 1.